The van der Waals surface area contributed by atoms with Gasteiger partial charge in [0.1, 0.15) is 0 Å². The molecule has 0 aromatic rings. The van der Waals surface area contributed by atoms with Crippen LogP contribution in [0.4, 0.5) is 0 Å². The van der Waals surface area contributed by atoms with Crippen LogP contribution in [0.25, 0.3) is 0 Å². The lowest BCUT2D eigenvalue weighted by atomic mass is 9.77. The van der Waals surface area contributed by atoms with Crippen molar-refractivity contribution in [1.29, 1.82) is 0 Å². The number of nitrogens with zero attached hydrogens (tertiary/aromatic N) is 1. The Labute approximate surface area is 306 Å². The molecule has 0 bridgehead atoms. The van der Waals surface area contributed by atoms with E-state index >= 15 is 0 Å². The molecule has 0 aromatic heterocycles. The summed E-state index contributed by atoms with van der Waals surface area (Å²) < 4.78 is 0. The summed E-state index contributed by atoms with van der Waals surface area (Å²) in [6, 6.07) is -0.593. The lowest BCUT2D eigenvalue weighted by molar-refractivity contribution is -0.126. The van der Waals surface area contributed by atoms with E-state index in [0.717, 1.165) is 51.5 Å². The molecular formula is C39H68N6O4S. The molecule has 3 aliphatic carbocycles. The molecule has 4 atom stereocenters. The van der Waals surface area contributed by atoms with Gasteiger partial charge in [-0.05, 0) is 94.5 Å². The summed E-state index contributed by atoms with van der Waals surface area (Å²) in [5.41, 5.74) is 6.32. The number of nitrogens with two attached hydrogens (primary N) is 1. The van der Waals surface area contributed by atoms with Crippen LogP contribution >= 0.6 is 11.8 Å². The van der Waals surface area contributed by atoms with Gasteiger partial charge < -0.3 is 32.1 Å². The van der Waals surface area contributed by atoms with Gasteiger partial charge in [-0.25, -0.2) is 0 Å². The predicted molar refractivity (Wildman–Crippen MR) is 207 cm³/mol. The summed E-state index contributed by atoms with van der Waals surface area (Å²) in [6.45, 7) is 4.22. The number of Topliss-reactive ketones (excluding diaryl/α,β-unsaturated/α-hetero) is 1. The number of nitrogens with one attached hydrogen (secondary N) is 4. The Balaban J connectivity index is 1.26. The van der Waals surface area contributed by atoms with Gasteiger partial charge in [-0.3, -0.25) is 19.4 Å². The number of allylic oxidation sites excluding steroid dienone is 3. The first-order chi connectivity index (χ1) is 24.2. The first-order valence-corrected chi connectivity index (χ1v) is 20.6. The number of carbonyl (C=O) groups is 3. The van der Waals surface area contributed by atoms with Gasteiger partial charge in [0.15, 0.2) is 11.7 Å². The highest BCUT2D eigenvalue weighted by atomic mass is 32.2. The molecule has 3 rings (SSSR count). The number of thioether (sulfide) groups is 1. The van der Waals surface area contributed by atoms with Crippen LogP contribution in [-0.4, -0.2) is 80.3 Å². The largest absolute Gasteiger partial charge is 0.388 e. The van der Waals surface area contributed by atoms with Crippen LogP contribution in [0, 0.1) is 23.2 Å². The summed E-state index contributed by atoms with van der Waals surface area (Å²) in [4.78, 5) is 43.1. The van der Waals surface area contributed by atoms with Crippen molar-refractivity contribution in [3.63, 3.8) is 0 Å². The molecule has 0 radical (unpaired) electrons. The molecule has 2 amide bonds. The zero-order chi connectivity index (χ0) is 36.2. The first kappa shape index (κ1) is 42.0. The molecule has 3 aliphatic rings. The minimum absolute atomic E-state index is 0.000223. The first-order valence-electron chi connectivity index (χ1n) is 19.6. The number of aliphatic hydroxyl groups excluding tert-OH is 1. The molecule has 1 saturated carbocycles. The number of hydrogen-bond donors (Lipinski definition) is 6. The van der Waals surface area contributed by atoms with E-state index in [4.69, 9.17) is 5.73 Å². The topological polar surface area (TPSA) is 158 Å². The van der Waals surface area contributed by atoms with Crippen molar-refractivity contribution in [2.75, 3.05) is 39.5 Å². The van der Waals surface area contributed by atoms with Gasteiger partial charge in [0.2, 0.25) is 11.8 Å². The second-order valence-electron chi connectivity index (χ2n) is 15.0. The van der Waals surface area contributed by atoms with Gasteiger partial charge in [-0.1, -0.05) is 57.6 Å². The summed E-state index contributed by atoms with van der Waals surface area (Å²) in [5.74, 6) is 1.17. The average molecular weight is 717 g/mol. The third-order valence-electron chi connectivity index (χ3n) is 10.9. The zero-order valence-electron chi connectivity index (χ0n) is 31.3. The molecule has 284 valence electrons. The van der Waals surface area contributed by atoms with E-state index in [1.54, 1.807) is 20.2 Å². The smallest absolute Gasteiger partial charge is 0.236 e. The van der Waals surface area contributed by atoms with Gasteiger partial charge in [0.25, 0.3) is 0 Å². The molecule has 7 N–H and O–H groups in total. The summed E-state index contributed by atoms with van der Waals surface area (Å²) in [5, 5.41) is 22.9. The number of hydrogen-bond acceptors (Lipinski definition) is 7. The van der Waals surface area contributed by atoms with Crippen LogP contribution in [0.3, 0.4) is 0 Å². The number of guanidine groups is 1. The van der Waals surface area contributed by atoms with Crippen LogP contribution in [0.1, 0.15) is 122 Å². The number of aliphatic hydroxyl groups is 1. The number of aliphatic imine (C=N–C) groups is 1. The summed E-state index contributed by atoms with van der Waals surface area (Å²) in [7, 11) is 3.49. The van der Waals surface area contributed by atoms with E-state index in [0.29, 0.717) is 48.5 Å². The van der Waals surface area contributed by atoms with Gasteiger partial charge >= 0.3 is 0 Å². The fraction of sp³-hybridized carbons (Fsp3) is 0.795. The number of rotatable bonds is 17. The maximum absolute atomic E-state index is 13.2. The Hall–Kier alpha value is -2.37. The second-order valence-corrected chi connectivity index (χ2v) is 16.2. The molecule has 10 nitrogen and oxygen atoms in total. The third-order valence-corrected chi connectivity index (χ3v) is 12.0. The van der Waals surface area contributed by atoms with E-state index in [2.05, 4.69) is 45.3 Å². The van der Waals surface area contributed by atoms with Gasteiger partial charge in [0, 0.05) is 50.3 Å². The van der Waals surface area contributed by atoms with Crippen molar-refractivity contribution in [2.24, 2.45) is 33.9 Å². The monoisotopic (exact) mass is 717 g/mol. The van der Waals surface area contributed by atoms with Crippen molar-refractivity contribution in [1.82, 2.24) is 21.3 Å². The standard InChI is InChI=1S/C39H68N6O4S/c1-39(20-10-8-6-4-5-7-9-11-21-39)22-12-13-23-43-36(48)30-18-16-29(17-19-30)27-31-33(46)28-34(35(31)47)50-26-25-44-37(49)32(40)15-14-24-45-38(41-2)42-3/h10,20,28-33,46H,4-9,11-19,21-27,40H2,1-3H3,(H,43,48)(H,44,49)(H2,41,42,45)/b20-10-/t29?,30?,31?,32?,33?,39-/m1/s1. The maximum atomic E-state index is 13.2. The molecule has 0 spiro atoms. The molecule has 1 fully saturated rings. The maximum Gasteiger partial charge on any atom is 0.236 e. The van der Waals surface area contributed by atoms with E-state index in [9.17, 15) is 19.5 Å². The molecule has 3 unspecified atom stereocenters. The van der Waals surface area contributed by atoms with E-state index in [-0.39, 0.29) is 28.9 Å². The van der Waals surface area contributed by atoms with Crippen LogP contribution in [0.5, 0.6) is 0 Å². The Morgan fingerprint density at radius 3 is 2.46 bits per heavy atom. The van der Waals surface area contributed by atoms with Gasteiger partial charge in [0.05, 0.1) is 18.1 Å². The molecule has 50 heavy (non-hydrogen) atoms. The Bertz CT molecular complexity index is 1140. The number of unbranched alkanes of at least 4 members (excludes halogenated alkanes) is 1. The van der Waals surface area contributed by atoms with Crippen LogP contribution in [0.2, 0.25) is 0 Å². The lowest BCUT2D eigenvalue weighted by Gasteiger charge is -2.30. The number of carbonyl (C=O) groups excluding carboxylic acids is 3. The fourth-order valence-corrected chi connectivity index (χ4v) is 8.60. The minimum Gasteiger partial charge on any atom is -0.388 e. The predicted octanol–water partition coefficient (Wildman–Crippen LogP) is 5.36. The molecule has 0 aromatic carbocycles. The van der Waals surface area contributed by atoms with Crippen molar-refractivity contribution in [3.8, 4) is 0 Å². The summed E-state index contributed by atoms with van der Waals surface area (Å²) >= 11 is 1.38. The number of ketones is 1. The van der Waals surface area contributed by atoms with Crippen LogP contribution in [0.15, 0.2) is 28.1 Å². The molecule has 0 heterocycles. The number of amides is 2. The third kappa shape index (κ3) is 15.1. The molecule has 0 saturated heterocycles. The Kier molecular flexibility index (Phi) is 19.5. The molecule has 0 aliphatic heterocycles. The van der Waals surface area contributed by atoms with E-state index < -0.39 is 18.1 Å². The highest BCUT2D eigenvalue weighted by Gasteiger charge is 2.38. The quantitative estimate of drug-likeness (QED) is 0.0508. The van der Waals surface area contributed by atoms with E-state index in [1.807, 2.05) is 0 Å². The second kappa shape index (κ2) is 23.2. The zero-order valence-corrected chi connectivity index (χ0v) is 32.1. The van der Waals surface area contributed by atoms with Gasteiger partial charge in [-0.2, -0.15) is 0 Å². The van der Waals surface area contributed by atoms with Gasteiger partial charge in [-0.15, -0.1) is 11.8 Å². The average Bonchev–Trinajstić information content (AvgIpc) is 3.35. The minimum atomic E-state index is -0.776. The summed E-state index contributed by atoms with van der Waals surface area (Å²) in [6.07, 6.45) is 25.1. The fourth-order valence-electron chi connectivity index (χ4n) is 7.65. The lowest BCUT2D eigenvalue weighted by Crippen LogP contribution is -2.42. The molecular weight excluding hydrogens is 649 g/mol. The van der Waals surface area contributed by atoms with Crippen molar-refractivity contribution < 1.29 is 19.5 Å². The SMILES string of the molecule is CN=C(NC)NCCCC(N)C(=O)NCCSC1=CC(O)C(CC2CCC(C(=O)NCCCC[C@]3(C)/C=C\CCCCCCCC3)CC2)C1=O. The van der Waals surface area contributed by atoms with Crippen LogP contribution in [-0.2, 0) is 14.4 Å². The van der Waals surface area contributed by atoms with Crippen molar-refractivity contribution in [3.05, 3.63) is 23.1 Å². The highest BCUT2D eigenvalue weighted by molar-refractivity contribution is 8.04. The van der Waals surface area contributed by atoms with Crippen molar-refractivity contribution in [2.45, 2.75) is 135 Å². The van der Waals surface area contributed by atoms with Crippen molar-refractivity contribution >= 4 is 35.3 Å². The molecule has 11 heteroatoms. The van der Waals surface area contributed by atoms with Crippen LogP contribution < -0.4 is 27.0 Å². The Morgan fingerprint density at radius 2 is 1.72 bits per heavy atom. The van der Waals surface area contributed by atoms with E-state index in [1.165, 1.54) is 69.5 Å². The normalized spacial score (nSPS) is 27.8. The highest BCUT2D eigenvalue weighted by Crippen LogP contribution is 2.39. The Morgan fingerprint density at radius 1 is 1.00 bits per heavy atom.